The molecule has 2 heterocycles. The number of piperidine rings is 1. The topological polar surface area (TPSA) is 76.6 Å². The van der Waals surface area contributed by atoms with Gasteiger partial charge in [0, 0.05) is 37.1 Å². The van der Waals surface area contributed by atoms with Gasteiger partial charge in [-0.15, -0.1) is 0 Å². The monoisotopic (exact) mass is 394 g/mol. The Kier molecular flexibility index (Phi) is 5.60. The molecule has 0 radical (unpaired) electrons. The summed E-state index contributed by atoms with van der Waals surface area (Å²) in [6.45, 7) is 2.18. The molecule has 138 valence electrons. The van der Waals surface area contributed by atoms with Crippen LogP contribution in [0.2, 0.25) is 5.02 Å². The normalized spacial score (nSPS) is 16.4. The first-order valence-electron chi connectivity index (χ1n) is 8.25. The van der Waals surface area contributed by atoms with Gasteiger partial charge in [0.1, 0.15) is 16.9 Å². The first-order chi connectivity index (χ1) is 12.4. The highest BCUT2D eigenvalue weighted by atomic mass is 35.5. The molecular formula is C18H19ClN2O4S. The first kappa shape index (κ1) is 18.8. The third-order valence-corrected chi connectivity index (χ3v) is 6.53. The fourth-order valence-corrected chi connectivity index (χ4v) is 4.47. The van der Waals surface area contributed by atoms with E-state index in [4.69, 9.17) is 16.3 Å². The predicted octanol–water partition coefficient (Wildman–Crippen LogP) is 3.17. The lowest BCUT2D eigenvalue weighted by atomic mass is 10.1. The molecule has 3 rings (SSSR count). The molecule has 1 aromatic heterocycles. The van der Waals surface area contributed by atoms with Crippen molar-refractivity contribution in [3.63, 3.8) is 0 Å². The van der Waals surface area contributed by atoms with Crippen LogP contribution in [0.15, 0.2) is 47.6 Å². The molecule has 0 atom stereocenters. The number of pyridine rings is 1. The Morgan fingerprint density at radius 3 is 2.42 bits per heavy atom. The van der Waals surface area contributed by atoms with Crippen LogP contribution in [0.5, 0.6) is 5.75 Å². The minimum Gasteiger partial charge on any atom is -0.489 e. The Labute approximate surface area is 157 Å². The molecule has 8 heteroatoms. The number of carbonyl (C=O) groups is 1. The van der Waals surface area contributed by atoms with E-state index in [1.54, 1.807) is 12.3 Å². The summed E-state index contributed by atoms with van der Waals surface area (Å²) in [6, 6.07) is 7.73. The smallest absolute Gasteiger partial charge is 0.243 e. The van der Waals surface area contributed by atoms with Gasteiger partial charge in [-0.05, 0) is 31.9 Å². The molecule has 1 aliphatic rings. The second-order valence-corrected chi connectivity index (χ2v) is 8.45. The van der Waals surface area contributed by atoms with Crippen molar-refractivity contribution in [3.8, 4) is 5.75 Å². The van der Waals surface area contributed by atoms with Crippen LogP contribution in [0.1, 0.15) is 30.1 Å². The molecule has 0 bridgehead atoms. The van der Waals surface area contributed by atoms with Crippen LogP contribution in [-0.2, 0) is 10.0 Å². The van der Waals surface area contributed by atoms with Crippen LogP contribution in [0.4, 0.5) is 0 Å². The maximum atomic E-state index is 12.8. The number of nitrogens with zero attached hydrogens (tertiary/aromatic N) is 2. The Hall–Kier alpha value is -1.96. The quantitative estimate of drug-likeness (QED) is 0.728. The number of ether oxygens (including phenoxy) is 1. The van der Waals surface area contributed by atoms with Crippen molar-refractivity contribution in [3.05, 3.63) is 53.3 Å². The lowest BCUT2D eigenvalue weighted by Crippen LogP contribution is -2.41. The molecule has 0 aliphatic carbocycles. The van der Waals surface area contributed by atoms with Gasteiger partial charge in [0.15, 0.2) is 5.78 Å². The van der Waals surface area contributed by atoms with E-state index >= 15 is 0 Å². The van der Waals surface area contributed by atoms with Crippen molar-refractivity contribution in [1.29, 1.82) is 0 Å². The molecule has 0 N–H and O–H groups in total. The zero-order chi connectivity index (χ0) is 18.7. The predicted molar refractivity (Wildman–Crippen MR) is 98.1 cm³/mol. The van der Waals surface area contributed by atoms with E-state index in [1.165, 1.54) is 41.7 Å². The van der Waals surface area contributed by atoms with E-state index in [-0.39, 0.29) is 16.8 Å². The maximum absolute atomic E-state index is 12.8. The van der Waals surface area contributed by atoms with Crippen LogP contribution in [-0.4, -0.2) is 42.7 Å². The van der Waals surface area contributed by atoms with Crippen LogP contribution in [0, 0.1) is 0 Å². The Morgan fingerprint density at radius 1 is 1.19 bits per heavy atom. The molecule has 1 aromatic carbocycles. The number of sulfonamides is 1. The summed E-state index contributed by atoms with van der Waals surface area (Å²) >= 11 is 6.04. The number of aromatic nitrogens is 1. The molecule has 0 spiro atoms. The van der Waals surface area contributed by atoms with Gasteiger partial charge >= 0.3 is 0 Å². The molecule has 2 aromatic rings. The molecule has 0 unspecified atom stereocenters. The second kappa shape index (κ2) is 7.73. The summed E-state index contributed by atoms with van der Waals surface area (Å²) in [6.07, 6.45) is 4.17. The molecule has 0 amide bonds. The fraction of sp³-hybridized carbons (Fsp3) is 0.333. The maximum Gasteiger partial charge on any atom is 0.243 e. The zero-order valence-corrected chi connectivity index (χ0v) is 15.8. The van der Waals surface area contributed by atoms with Gasteiger partial charge in [-0.3, -0.25) is 9.78 Å². The second-order valence-electron chi connectivity index (χ2n) is 6.11. The van der Waals surface area contributed by atoms with Crippen molar-refractivity contribution in [1.82, 2.24) is 9.29 Å². The van der Waals surface area contributed by atoms with Gasteiger partial charge in [0.25, 0.3) is 0 Å². The summed E-state index contributed by atoms with van der Waals surface area (Å²) in [7, 11) is -3.58. The fourth-order valence-electron chi connectivity index (χ4n) is 2.84. The zero-order valence-electron chi connectivity index (χ0n) is 14.3. The first-order valence-corrected chi connectivity index (χ1v) is 10.1. The summed E-state index contributed by atoms with van der Waals surface area (Å²) in [4.78, 5) is 15.4. The molecule has 26 heavy (non-hydrogen) atoms. The molecule has 6 nitrogen and oxygen atoms in total. The minimum atomic E-state index is -3.58. The van der Waals surface area contributed by atoms with Crippen LogP contribution >= 0.6 is 11.6 Å². The third-order valence-electron chi connectivity index (χ3n) is 4.33. The van der Waals surface area contributed by atoms with E-state index < -0.39 is 10.0 Å². The number of rotatable bonds is 5. The van der Waals surface area contributed by atoms with Crippen LogP contribution < -0.4 is 4.74 Å². The molecule has 1 saturated heterocycles. The van der Waals surface area contributed by atoms with Gasteiger partial charge in [0.2, 0.25) is 10.0 Å². The number of hydrogen-bond donors (Lipinski definition) is 0. The van der Waals surface area contributed by atoms with E-state index in [9.17, 15) is 13.2 Å². The van der Waals surface area contributed by atoms with Crippen LogP contribution in [0.3, 0.4) is 0 Å². The summed E-state index contributed by atoms with van der Waals surface area (Å²) in [5.74, 6) is 0.462. The SMILES string of the molecule is CC(=O)c1ccc(S(=O)(=O)N2CCC(Oc3ccncc3Cl)CC2)cc1. The molecular weight excluding hydrogens is 376 g/mol. The van der Waals surface area contributed by atoms with Gasteiger partial charge in [-0.25, -0.2) is 8.42 Å². The Balaban J connectivity index is 1.65. The summed E-state index contributed by atoms with van der Waals surface area (Å²) in [5.41, 5.74) is 0.491. The van der Waals surface area contributed by atoms with E-state index in [1.807, 2.05) is 0 Å². The number of halogens is 1. The lowest BCUT2D eigenvalue weighted by molar-refractivity contribution is 0.101. The summed E-state index contributed by atoms with van der Waals surface area (Å²) < 4.78 is 32.8. The third kappa shape index (κ3) is 4.06. The largest absolute Gasteiger partial charge is 0.489 e. The standard InChI is InChI=1S/C18H19ClN2O4S/c1-13(22)14-2-4-16(5-3-14)26(23,24)21-10-7-15(8-11-21)25-18-6-9-20-12-17(18)19/h2-6,9,12,15H,7-8,10-11H2,1H3. The lowest BCUT2D eigenvalue weighted by Gasteiger charge is -2.31. The number of Topliss-reactive ketones (excluding diaryl/α,β-unsaturated/α-hetero) is 1. The van der Waals surface area contributed by atoms with Gasteiger partial charge in [-0.1, -0.05) is 23.7 Å². The van der Waals surface area contributed by atoms with Gasteiger partial charge < -0.3 is 4.74 Å². The molecule has 1 fully saturated rings. The summed E-state index contributed by atoms with van der Waals surface area (Å²) in [5, 5.41) is 0.438. The van der Waals surface area contributed by atoms with E-state index in [0.717, 1.165) is 0 Å². The van der Waals surface area contributed by atoms with E-state index in [0.29, 0.717) is 42.3 Å². The highest BCUT2D eigenvalue weighted by molar-refractivity contribution is 7.89. The van der Waals surface area contributed by atoms with Gasteiger partial charge in [0.05, 0.1) is 4.90 Å². The van der Waals surface area contributed by atoms with Crippen molar-refractivity contribution in [2.45, 2.75) is 30.8 Å². The number of carbonyl (C=O) groups excluding carboxylic acids is 1. The highest BCUT2D eigenvalue weighted by Gasteiger charge is 2.30. The van der Waals surface area contributed by atoms with Crippen molar-refractivity contribution >= 4 is 27.4 Å². The number of benzene rings is 1. The van der Waals surface area contributed by atoms with Crippen LogP contribution in [0.25, 0.3) is 0 Å². The number of ketones is 1. The Morgan fingerprint density at radius 2 is 1.85 bits per heavy atom. The molecule has 0 saturated carbocycles. The number of hydrogen-bond acceptors (Lipinski definition) is 5. The van der Waals surface area contributed by atoms with Crippen molar-refractivity contribution < 1.29 is 17.9 Å². The average molecular weight is 395 g/mol. The Bertz CT molecular complexity index is 892. The average Bonchev–Trinajstić information content (AvgIpc) is 2.64. The highest BCUT2D eigenvalue weighted by Crippen LogP contribution is 2.27. The van der Waals surface area contributed by atoms with Crippen molar-refractivity contribution in [2.24, 2.45) is 0 Å². The minimum absolute atomic E-state index is 0.0957. The van der Waals surface area contributed by atoms with Gasteiger partial charge in [-0.2, -0.15) is 4.31 Å². The van der Waals surface area contributed by atoms with Crippen molar-refractivity contribution in [2.75, 3.05) is 13.1 Å². The van der Waals surface area contributed by atoms with E-state index in [2.05, 4.69) is 4.98 Å². The molecule has 1 aliphatic heterocycles.